The molecule has 0 radical (unpaired) electrons. The van der Waals surface area contributed by atoms with E-state index < -0.39 is 17.0 Å². The molecule has 0 atom stereocenters. The first-order chi connectivity index (χ1) is 7.58. The summed E-state index contributed by atoms with van der Waals surface area (Å²) in [5.74, 6) is -0.484. The molecule has 0 heterocycles. The summed E-state index contributed by atoms with van der Waals surface area (Å²) < 4.78 is 26.9. The second kappa shape index (κ2) is 5.83. The largest absolute Gasteiger partial charge is 0.207 e. The highest BCUT2D eigenvalue weighted by atomic mass is 35.5. The molecule has 0 aliphatic rings. The normalized spacial score (nSPS) is 11.8. The van der Waals surface area contributed by atoms with Crippen molar-refractivity contribution in [3.8, 4) is 0 Å². The molecule has 0 aromatic heterocycles. The molecular weight excluding hydrogens is 253 g/mol. The Morgan fingerprint density at radius 1 is 1.12 bits per heavy atom. The highest BCUT2D eigenvalue weighted by molar-refractivity contribution is 6.21. The average molecular weight is 267 g/mol. The summed E-state index contributed by atoms with van der Waals surface area (Å²) in [6.45, 7) is 1.92. The van der Waals surface area contributed by atoms with Gasteiger partial charge < -0.3 is 0 Å². The minimum atomic E-state index is -0.534. The van der Waals surface area contributed by atoms with Crippen LogP contribution >= 0.6 is 23.2 Å². The van der Waals surface area contributed by atoms with E-state index in [0.29, 0.717) is 18.2 Å². The lowest BCUT2D eigenvalue weighted by molar-refractivity contribution is 0.348. The highest BCUT2D eigenvalue weighted by Crippen LogP contribution is 2.32. The zero-order chi connectivity index (χ0) is 12.2. The minimum Gasteiger partial charge on any atom is -0.207 e. The fraction of sp³-hybridized carbons (Fsp3) is 0.500. The Morgan fingerprint density at radius 2 is 1.62 bits per heavy atom. The maximum atomic E-state index is 13.5. The van der Waals surface area contributed by atoms with Gasteiger partial charge in [-0.05, 0) is 25.0 Å². The Kier molecular flexibility index (Phi) is 5.00. The van der Waals surface area contributed by atoms with Gasteiger partial charge >= 0.3 is 0 Å². The molecule has 0 fully saturated rings. The molecule has 90 valence electrons. The fourth-order valence-electron chi connectivity index (χ4n) is 1.52. The van der Waals surface area contributed by atoms with Gasteiger partial charge in [0.05, 0.1) is 0 Å². The van der Waals surface area contributed by atoms with E-state index in [1.807, 2.05) is 6.92 Å². The van der Waals surface area contributed by atoms with Crippen LogP contribution in [0.3, 0.4) is 0 Å². The molecule has 0 nitrogen and oxygen atoms in total. The van der Waals surface area contributed by atoms with Crippen molar-refractivity contribution in [1.82, 2.24) is 0 Å². The molecule has 0 aliphatic heterocycles. The van der Waals surface area contributed by atoms with Crippen LogP contribution in [0.25, 0.3) is 0 Å². The Hall–Kier alpha value is -0.340. The van der Waals surface area contributed by atoms with Crippen molar-refractivity contribution in [2.45, 2.75) is 19.8 Å². The summed E-state index contributed by atoms with van der Waals surface area (Å²) in [5, 5.41) is 0. The van der Waals surface area contributed by atoms with Crippen LogP contribution in [0.1, 0.15) is 18.9 Å². The molecule has 0 unspecified atom stereocenters. The van der Waals surface area contributed by atoms with Crippen molar-refractivity contribution in [3.05, 3.63) is 35.4 Å². The van der Waals surface area contributed by atoms with Crippen LogP contribution in [0, 0.1) is 17.0 Å². The molecule has 1 aromatic carbocycles. The topological polar surface area (TPSA) is 0 Å². The first-order valence-corrected chi connectivity index (χ1v) is 6.20. The van der Waals surface area contributed by atoms with E-state index >= 15 is 0 Å². The predicted molar refractivity (Wildman–Crippen MR) is 64.2 cm³/mol. The molecule has 0 N–H and O–H groups in total. The predicted octanol–water partition coefficient (Wildman–Crippen LogP) is 4.38. The second-order valence-electron chi connectivity index (χ2n) is 4.00. The maximum absolute atomic E-state index is 13.5. The summed E-state index contributed by atoms with van der Waals surface area (Å²) in [6.07, 6.45) is 0.919. The van der Waals surface area contributed by atoms with Gasteiger partial charge in [0.25, 0.3) is 0 Å². The third-order valence-corrected chi connectivity index (χ3v) is 4.06. The molecule has 16 heavy (non-hydrogen) atoms. The summed E-state index contributed by atoms with van der Waals surface area (Å²) in [7, 11) is 0. The van der Waals surface area contributed by atoms with E-state index in [-0.39, 0.29) is 12.0 Å². The Morgan fingerprint density at radius 3 is 2.00 bits per heavy atom. The van der Waals surface area contributed by atoms with Gasteiger partial charge in [-0.1, -0.05) is 13.0 Å². The lowest BCUT2D eigenvalue weighted by Gasteiger charge is -2.28. The monoisotopic (exact) mass is 266 g/mol. The van der Waals surface area contributed by atoms with Crippen LogP contribution in [0.2, 0.25) is 0 Å². The SMILES string of the molecule is CCC(CCl)(CCl)Cc1c(F)cccc1F. The summed E-state index contributed by atoms with van der Waals surface area (Å²) >= 11 is 11.7. The smallest absolute Gasteiger partial charge is 0.129 e. The summed E-state index contributed by atoms with van der Waals surface area (Å²) in [6, 6.07) is 3.85. The van der Waals surface area contributed by atoms with E-state index in [2.05, 4.69) is 0 Å². The van der Waals surface area contributed by atoms with Crippen LogP contribution in [0.15, 0.2) is 18.2 Å². The Bertz CT molecular complexity index is 320. The third kappa shape index (κ3) is 2.86. The molecule has 1 rings (SSSR count). The van der Waals surface area contributed by atoms with Crippen LogP contribution in [0.5, 0.6) is 0 Å². The molecule has 0 bridgehead atoms. The zero-order valence-electron chi connectivity index (χ0n) is 9.07. The molecule has 1 aromatic rings. The van der Waals surface area contributed by atoms with Gasteiger partial charge in [-0.2, -0.15) is 0 Å². The number of hydrogen-bond acceptors (Lipinski definition) is 0. The zero-order valence-corrected chi connectivity index (χ0v) is 10.6. The number of rotatable bonds is 5. The van der Waals surface area contributed by atoms with Gasteiger partial charge in [-0.25, -0.2) is 8.78 Å². The van der Waals surface area contributed by atoms with E-state index in [1.165, 1.54) is 18.2 Å². The van der Waals surface area contributed by atoms with Crippen molar-refractivity contribution >= 4 is 23.2 Å². The van der Waals surface area contributed by atoms with E-state index in [9.17, 15) is 8.78 Å². The van der Waals surface area contributed by atoms with Gasteiger partial charge in [-0.3, -0.25) is 0 Å². The van der Waals surface area contributed by atoms with Crippen molar-refractivity contribution in [3.63, 3.8) is 0 Å². The molecule has 0 saturated heterocycles. The third-order valence-electron chi connectivity index (χ3n) is 2.93. The van der Waals surface area contributed by atoms with Crippen LogP contribution in [-0.4, -0.2) is 11.8 Å². The van der Waals surface area contributed by atoms with Crippen molar-refractivity contribution in [2.75, 3.05) is 11.8 Å². The second-order valence-corrected chi connectivity index (χ2v) is 4.53. The molecule has 4 heteroatoms. The lowest BCUT2D eigenvalue weighted by atomic mass is 9.82. The molecule has 0 saturated carbocycles. The average Bonchev–Trinajstić information content (AvgIpc) is 2.30. The molecule has 0 spiro atoms. The molecular formula is C12H14Cl2F2. The molecule has 0 aliphatic carbocycles. The van der Waals surface area contributed by atoms with Crippen molar-refractivity contribution in [1.29, 1.82) is 0 Å². The number of alkyl halides is 2. The van der Waals surface area contributed by atoms with Crippen molar-refractivity contribution in [2.24, 2.45) is 5.41 Å². The van der Waals surface area contributed by atoms with Gasteiger partial charge in [0.15, 0.2) is 0 Å². The van der Waals surface area contributed by atoms with Gasteiger partial charge in [0.1, 0.15) is 11.6 Å². The van der Waals surface area contributed by atoms with Crippen LogP contribution in [0.4, 0.5) is 8.78 Å². The number of hydrogen-bond donors (Lipinski definition) is 0. The highest BCUT2D eigenvalue weighted by Gasteiger charge is 2.29. The minimum absolute atomic E-state index is 0.0747. The first kappa shape index (κ1) is 13.7. The van der Waals surface area contributed by atoms with E-state index in [1.54, 1.807) is 0 Å². The van der Waals surface area contributed by atoms with Gasteiger partial charge in [0, 0.05) is 22.7 Å². The number of halogens is 4. The number of benzene rings is 1. The van der Waals surface area contributed by atoms with Gasteiger partial charge in [0.2, 0.25) is 0 Å². The Balaban J connectivity index is 3.02. The quantitative estimate of drug-likeness (QED) is 0.694. The first-order valence-electron chi connectivity index (χ1n) is 5.13. The van der Waals surface area contributed by atoms with E-state index in [4.69, 9.17) is 23.2 Å². The van der Waals surface area contributed by atoms with Gasteiger partial charge in [-0.15, -0.1) is 23.2 Å². The molecule has 0 amide bonds. The van der Waals surface area contributed by atoms with Crippen LogP contribution < -0.4 is 0 Å². The van der Waals surface area contributed by atoms with Crippen molar-refractivity contribution < 1.29 is 8.78 Å². The Labute approximate surface area is 105 Å². The lowest BCUT2D eigenvalue weighted by Crippen LogP contribution is -2.28. The van der Waals surface area contributed by atoms with E-state index in [0.717, 1.165) is 0 Å². The summed E-state index contributed by atoms with van der Waals surface area (Å²) in [4.78, 5) is 0. The fourth-order valence-corrected chi connectivity index (χ4v) is 2.37. The van der Waals surface area contributed by atoms with Crippen LogP contribution in [-0.2, 0) is 6.42 Å². The maximum Gasteiger partial charge on any atom is 0.129 e. The standard InChI is InChI=1S/C12H14Cl2F2/c1-2-12(7-13,8-14)6-9-10(15)4-3-5-11(9)16/h3-5H,2,6-8H2,1H3. The summed E-state index contributed by atoms with van der Waals surface area (Å²) in [5.41, 5.74) is -0.364.